The van der Waals surface area contributed by atoms with Crippen LogP contribution >= 0.6 is 0 Å². The second kappa shape index (κ2) is 3.83. The Morgan fingerprint density at radius 1 is 1.59 bits per heavy atom. The zero-order valence-electron chi connectivity index (χ0n) is 9.06. The topological polar surface area (TPSA) is 108 Å². The largest absolute Gasteiger partial charge is 0.477 e. The van der Waals surface area contributed by atoms with E-state index in [-0.39, 0.29) is 23.8 Å². The normalized spacial score (nSPS) is 18.6. The number of carbonyl (C=O) groups is 1. The molecule has 1 saturated heterocycles. The molecule has 0 saturated carbocycles. The average molecular weight is 260 g/mol. The van der Waals surface area contributed by atoms with E-state index in [0.717, 1.165) is 0 Å². The quantitative estimate of drug-likeness (QED) is 0.693. The van der Waals surface area contributed by atoms with Crippen molar-refractivity contribution in [1.82, 2.24) is 9.71 Å². The highest BCUT2D eigenvalue weighted by atomic mass is 32.2. The van der Waals surface area contributed by atoms with Crippen LogP contribution in [0, 0.1) is 0 Å². The molecular formula is C9H12N2O5S. The summed E-state index contributed by atoms with van der Waals surface area (Å²) in [6.07, 6.45) is 1.28. The Labute approximate surface area is 97.8 Å². The SMILES string of the molecule is CC1(NS(=O)(=O)c2cc[nH]c2C(=O)O)COC1. The molecule has 0 aromatic carbocycles. The van der Waals surface area contributed by atoms with Crippen molar-refractivity contribution < 1.29 is 23.1 Å². The molecule has 2 heterocycles. The van der Waals surface area contributed by atoms with Gasteiger partial charge in [-0.15, -0.1) is 0 Å². The molecule has 0 amide bonds. The van der Waals surface area contributed by atoms with Crippen LogP contribution in [-0.2, 0) is 14.8 Å². The Hall–Kier alpha value is -1.38. The molecule has 0 aliphatic carbocycles. The van der Waals surface area contributed by atoms with Crippen LogP contribution in [0.2, 0.25) is 0 Å². The molecule has 1 aromatic heterocycles. The second-order valence-electron chi connectivity index (χ2n) is 4.18. The lowest BCUT2D eigenvalue weighted by Gasteiger charge is -2.38. The van der Waals surface area contributed by atoms with Gasteiger partial charge in [-0.1, -0.05) is 0 Å². The van der Waals surface area contributed by atoms with Crippen LogP contribution in [0.4, 0.5) is 0 Å². The van der Waals surface area contributed by atoms with Gasteiger partial charge >= 0.3 is 5.97 Å². The third-order valence-electron chi connectivity index (χ3n) is 2.43. The number of ether oxygens (including phenoxy) is 1. The van der Waals surface area contributed by atoms with E-state index in [1.807, 2.05) is 0 Å². The van der Waals surface area contributed by atoms with Crippen LogP contribution in [0.1, 0.15) is 17.4 Å². The summed E-state index contributed by atoms with van der Waals surface area (Å²) < 4.78 is 31.3. The average Bonchev–Trinajstić information content (AvgIpc) is 2.63. The van der Waals surface area contributed by atoms with Gasteiger partial charge in [0.15, 0.2) is 0 Å². The monoisotopic (exact) mass is 260 g/mol. The van der Waals surface area contributed by atoms with Gasteiger partial charge < -0.3 is 14.8 Å². The highest BCUT2D eigenvalue weighted by molar-refractivity contribution is 7.89. The first-order chi connectivity index (χ1) is 7.84. The van der Waals surface area contributed by atoms with Crippen LogP contribution in [-0.4, -0.2) is 43.2 Å². The van der Waals surface area contributed by atoms with Crippen molar-refractivity contribution in [3.05, 3.63) is 18.0 Å². The van der Waals surface area contributed by atoms with Gasteiger partial charge in [0.2, 0.25) is 10.0 Å². The van der Waals surface area contributed by atoms with Crippen LogP contribution in [0.25, 0.3) is 0 Å². The molecule has 0 spiro atoms. The summed E-state index contributed by atoms with van der Waals surface area (Å²) in [5.41, 5.74) is -1.01. The lowest BCUT2D eigenvalue weighted by molar-refractivity contribution is -0.0523. The molecule has 17 heavy (non-hydrogen) atoms. The number of aromatic nitrogens is 1. The number of hydrogen-bond donors (Lipinski definition) is 3. The van der Waals surface area contributed by atoms with E-state index in [9.17, 15) is 13.2 Å². The van der Waals surface area contributed by atoms with Crippen molar-refractivity contribution in [3.63, 3.8) is 0 Å². The van der Waals surface area contributed by atoms with Crippen LogP contribution in [0.3, 0.4) is 0 Å². The Kier molecular flexibility index (Phi) is 2.72. The number of rotatable bonds is 4. The maximum absolute atomic E-state index is 12.0. The van der Waals surface area contributed by atoms with E-state index in [4.69, 9.17) is 9.84 Å². The Balaban J connectivity index is 2.31. The summed E-state index contributed by atoms with van der Waals surface area (Å²) in [5.74, 6) is -1.31. The molecule has 0 radical (unpaired) electrons. The number of hydrogen-bond acceptors (Lipinski definition) is 4. The van der Waals surface area contributed by atoms with E-state index in [1.54, 1.807) is 6.92 Å². The molecule has 1 aromatic rings. The van der Waals surface area contributed by atoms with Crippen molar-refractivity contribution >= 4 is 16.0 Å². The highest BCUT2D eigenvalue weighted by Gasteiger charge is 2.39. The molecule has 1 aliphatic rings. The summed E-state index contributed by atoms with van der Waals surface area (Å²) in [6, 6.07) is 1.22. The van der Waals surface area contributed by atoms with E-state index in [2.05, 4.69) is 9.71 Å². The fourth-order valence-corrected chi connectivity index (χ4v) is 3.13. The number of carboxylic acid groups (broad SMARTS) is 1. The minimum absolute atomic E-state index is 0.266. The Morgan fingerprint density at radius 2 is 2.24 bits per heavy atom. The number of sulfonamides is 1. The molecule has 1 fully saturated rings. The molecule has 2 rings (SSSR count). The van der Waals surface area contributed by atoms with Crippen molar-refractivity contribution in [2.45, 2.75) is 17.4 Å². The first-order valence-corrected chi connectivity index (χ1v) is 6.35. The Morgan fingerprint density at radius 3 is 2.71 bits per heavy atom. The molecule has 0 bridgehead atoms. The third kappa shape index (κ3) is 2.19. The number of carboxylic acids is 1. The smallest absolute Gasteiger partial charge is 0.353 e. The summed E-state index contributed by atoms with van der Waals surface area (Å²) in [5, 5.41) is 8.84. The second-order valence-corrected chi connectivity index (χ2v) is 5.83. The molecule has 3 N–H and O–H groups in total. The van der Waals surface area contributed by atoms with E-state index in [0.29, 0.717) is 0 Å². The predicted octanol–water partition coefficient (Wildman–Crippen LogP) is -0.220. The molecular weight excluding hydrogens is 248 g/mol. The summed E-state index contributed by atoms with van der Waals surface area (Å²) in [7, 11) is -3.85. The van der Waals surface area contributed by atoms with Crippen LogP contribution in [0.5, 0.6) is 0 Å². The van der Waals surface area contributed by atoms with Crippen molar-refractivity contribution in [1.29, 1.82) is 0 Å². The molecule has 0 atom stereocenters. The zero-order valence-corrected chi connectivity index (χ0v) is 9.87. The van der Waals surface area contributed by atoms with E-state index < -0.39 is 21.5 Å². The van der Waals surface area contributed by atoms with Gasteiger partial charge in [-0.3, -0.25) is 0 Å². The molecule has 94 valence electrons. The fraction of sp³-hybridized carbons (Fsp3) is 0.444. The summed E-state index contributed by atoms with van der Waals surface area (Å²) in [6.45, 7) is 2.25. The first kappa shape index (κ1) is 12.1. The maximum atomic E-state index is 12.0. The summed E-state index contributed by atoms with van der Waals surface area (Å²) >= 11 is 0. The number of aromatic amines is 1. The standard InChI is InChI=1S/C9H12N2O5S/c1-9(4-16-5-9)11-17(14,15)6-2-3-10-7(6)8(12)13/h2-3,10-11H,4-5H2,1H3,(H,12,13). The van der Waals surface area contributed by atoms with Gasteiger partial charge in [-0.25, -0.2) is 17.9 Å². The minimum atomic E-state index is -3.85. The van der Waals surface area contributed by atoms with Crippen LogP contribution < -0.4 is 4.72 Å². The molecule has 7 nitrogen and oxygen atoms in total. The predicted molar refractivity (Wildman–Crippen MR) is 57.3 cm³/mol. The Bertz CT molecular complexity index is 543. The highest BCUT2D eigenvalue weighted by Crippen LogP contribution is 2.21. The van der Waals surface area contributed by atoms with Gasteiger partial charge in [0.05, 0.1) is 18.8 Å². The van der Waals surface area contributed by atoms with Crippen LogP contribution in [0.15, 0.2) is 17.2 Å². The fourth-order valence-electron chi connectivity index (χ4n) is 1.59. The van der Waals surface area contributed by atoms with Gasteiger partial charge in [0.1, 0.15) is 10.6 Å². The molecule has 0 unspecified atom stereocenters. The third-order valence-corrected chi connectivity index (χ3v) is 4.11. The van der Waals surface area contributed by atoms with Crippen molar-refractivity contribution in [2.75, 3.05) is 13.2 Å². The van der Waals surface area contributed by atoms with E-state index in [1.165, 1.54) is 12.3 Å². The van der Waals surface area contributed by atoms with E-state index >= 15 is 0 Å². The van der Waals surface area contributed by atoms with Gasteiger partial charge in [-0.2, -0.15) is 0 Å². The number of nitrogens with one attached hydrogen (secondary N) is 2. The minimum Gasteiger partial charge on any atom is -0.477 e. The van der Waals surface area contributed by atoms with Crippen molar-refractivity contribution in [2.24, 2.45) is 0 Å². The first-order valence-electron chi connectivity index (χ1n) is 4.86. The summed E-state index contributed by atoms with van der Waals surface area (Å²) in [4.78, 5) is 12.9. The zero-order chi connectivity index (χ0) is 12.7. The van der Waals surface area contributed by atoms with Gasteiger partial charge in [0.25, 0.3) is 0 Å². The molecule has 1 aliphatic heterocycles. The van der Waals surface area contributed by atoms with Crippen molar-refractivity contribution in [3.8, 4) is 0 Å². The maximum Gasteiger partial charge on any atom is 0.353 e. The van der Waals surface area contributed by atoms with Gasteiger partial charge in [0, 0.05) is 6.20 Å². The number of H-pyrrole nitrogens is 1. The lowest BCUT2D eigenvalue weighted by Crippen LogP contribution is -2.59. The van der Waals surface area contributed by atoms with Gasteiger partial charge in [-0.05, 0) is 13.0 Å². The lowest BCUT2D eigenvalue weighted by atomic mass is 10.0. The number of aromatic carboxylic acids is 1. The molecule has 8 heteroatoms.